The van der Waals surface area contributed by atoms with Crippen LogP contribution >= 0.6 is 0 Å². The van der Waals surface area contributed by atoms with Gasteiger partial charge in [0, 0.05) is 36.1 Å². The molecule has 0 atom stereocenters. The van der Waals surface area contributed by atoms with Crippen LogP contribution in [0.25, 0.3) is 0 Å². The maximum absolute atomic E-state index is 12.9. The second kappa shape index (κ2) is 11.1. The highest BCUT2D eigenvalue weighted by Gasteiger charge is 2.19. The highest BCUT2D eigenvalue weighted by Crippen LogP contribution is 2.31. The SMILES string of the molecule is COc1ccc(NS(=O)(=O)c2ccc(NC(=O)c3ccc(CN4CCc5ccccc54)cc3)cc2)c(OC)c1. The van der Waals surface area contributed by atoms with Crippen LogP contribution in [0, 0.1) is 0 Å². The minimum atomic E-state index is -3.88. The first-order valence-corrected chi connectivity index (χ1v) is 13.9. The molecule has 0 unspecified atom stereocenters. The Morgan fingerprint density at radius 3 is 2.36 bits per heavy atom. The molecular weight excluding hydrogens is 514 g/mol. The molecule has 0 spiro atoms. The number of ether oxygens (including phenoxy) is 2. The Kier molecular flexibility index (Phi) is 7.42. The monoisotopic (exact) mass is 543 g/mol. The van der Waals surface area contributed by atoms with E-state index in [1.54, 1.807) is 42.5 Å². The van der Waals surface area contributed by atoms with Crippen LogP contribution in [0.3, 0.4) is 0 Å². The predicted molar refractivity (Wildman–Crippen MR) is 152 cm³/mol. The molecule has 1 aliphatic heterocycles. The van der Waals surface area contributed by atoms with Gasteiger partial charge in [-0.05, 0) is 72.1 Å². The molecule has 1 heterocycles. The van der Waals surface area contributed by atoms with E-state index in [2.05, 4.69) is 39.2 Å². The van der Waals surface area contributed by atoms with Crippen LogP contribution in [-0.2, 0) is 23.0 Å². The Morgan fingerprint density at radius 2 is 1.64 bits per heavy atom. The molecular formula is C30H29N3O5S. The van der Waals surface area contributed by atoms with Crippen LogP contribution in [-0.4, -0.2) is 35.1 Å². The number of nitrogens with one attached hydrogen (secondary N) is 2. The molecule has 0 bridgehead atoms. The van der Waals surface area contributed by atoms with Crippen molar-refractivity contribution in [2.24, 2.45) is 0 Å². The fourth-order valence-electron chi connectivity index (χ4n) is 4.56. The first-order chi connectivity index (χ1) is 18.9. The summed E-state index contributed by atoms with van der Waals surface area (Å²) in [6.45, 7) is 1.77. The lowest BCUT2D eigenvalue weighted by atomic mass is 10.1. The maximum atomic E-state index is 12.9. The van der Waals surface area contributed by atoms with E-state index in [0.717, 1.165) is 25.1 Å². The van der Waals surface area contributed by atoms with Gasteiger partial charge in [0.15, 0.2) is 0 Å². The third-order valence-corrected chi connectivity index (χ3v) is 8.03. The molecule has 8 nitrogen and oxygen atoms in total. The maximum Gasteiger partial charge on any atom is 0.262 e. The molecule has 5 rings (SSSR count). The van der Waals surface area contributed by atoms with Crippen molar-refractivity contribution in [3.8, 4) is 11.5 Å². The molecule has 0 aliphatic carbocycles. The third-order valence-electron chi connectivity index (χ3n) is 6.65. The number of fused-ring (bicyclic) bond motifs is 1. The predicted octanol–water partition coefficient (Wildman–Crippen LogP) is 5.32. The molecule has 0 saturated carbocycles. The van der Waals surface area contributed by atoms with Crippen molar-refractivity contribution < 1.29 is 22.7 Å². The summed E-state index contributed by atoms with van der Waals surface area (Å²) < 4.78 is 38.8. The minimum Gasteiger partial charge on any atom is -0.497 e. The standard InChI is InChI=1S/C30H29N3O5S/c1-37-25-13-16-27(29(19-25)38-2)32-39(35,36)26-14-11-24(12-15-26)31-30(34)23-9-7-21(8-10-23)20-33-18-17-22-5-3-4-6-28(22)33/h3-16,19,32H,17-18,20H2,1-2H3,(H,31,34). The summed E-state index contributed by atoms with van der Waals surface area (Å²) in [6, 6.07) is 26.7. The van der Waals surface area contributed by atoms with E-state index >= 15 is 0 Å². The number of carbonyl (C=O) groups is 1. The molecule has 1 aliphatic rings. The first kappa shape index (κ1) is 26.1. The zero-order valence-corrected chi connectivity index (χ0v) is 22.5. The second-order valence-corrected chi connectivity index (χ2v) is 10.8. The number of nitrogens with zero attached hydrogens (tertiary/aromatic N) is 1. The van der Waals surface area contributed by atoms with E-state index in [1.165, 1.54) is 37.6 Å². The molecule has 200 valence electrons. The number of carbonyl (C=O) groups excluding carboxylic acids is 1. The molecule has 0 radical (unpaired) electrons. The number of amides is 1. The minimum absolute atomic E-state index is 0.0474. The number of sulfonamides is 1. The molecule has 2 N–H and O–H groups in total. The van der Waals surface area contributed by atoms with Gasteiger partial charge in [-0.15, -0.1) is 0 Å². The Labute approximate surface area is 228 Å². The van der Waals surface area contributed by atoms with E-state index in [0.29, 0.717) is 22.7 Å². The normalized spacial score (nSPS) is 12.5. The van der Waals surface area contributed by atoms with Gasteiger partial charge in [0.05, 0.1) is 24.8 Å². The van der Waals surface area contributed by atoms with Gasteiger partial charge in [-0.3, -0.25) is 9.52 Å². The van der Waals surface area contributed by atoms with Crippen LogP contribution in [0.2, 0.25) is 0 Å². The highest BCUT2D eigenvalue weighted by atomic mass is 32.2. The lowest BCUT2D eigenvalue weighted by molar-refractivity contribution is 0.102. The first-order valence-electron chi connectivity index (χ1n) is 12.4. The van der Waals surface area contributed by atoms with Crippen LogP contribution < -0.4 is 24.4 Å². The van der Waals surface area contributed by atoms with Gasteiger partial charge < -0.3 is 19.7 Å². The van der Waals surface area contributed by atoms with Crippen molar-refractivity contribution >= 4 is 33.0 Å². The van der Waals surface area contributed by atoms with Gasteiger partial charge in [-0.2, -0.15) is 0 Å². The van der Waals surface area contributed by atoms with Crippen LogP contribution in [0.1, 0.15) is 21.5 Å². The molecule has 39 heavy (non-hydrogen) atoms. The van der Waals surface area contributed by atoms with E-state index in [1.807, 2.05) is 12.1 Å². The Morgan fingerprint density at radius 1 is 0.897 bits per heavy atom. The van der Waals surface area contributed by atoms with Crippen LogP contribution in [0.5, 0.6) is 11.5 Å². The average molecular weight is 544 g/mol. The van der Waals surface area contributed by atoms with Gasteiger partial charge in [-0.1, -0.05) is 30.3 Å². The lowest BCUT2D eigenvalue weighted by Crippen LogP contribution is -2.19. The van der Waals surface area contributed by atoms with Crippen molar-refractivity contribution in [3.05, 3.63) is 108 Å². The number of hydrogen-bond donors (Lipinski definition) is 2. The average Bonchev–Trinajstić information content (AvgIpc) is 3.36. The van der Waals surface area contributed by atoms with Gasteiger partial charge in [0.25, 0.3) is 15.9 Å². The molecule has 1 amide bonds. The van der Waals surface area contributed by atoms with Crippen molar-refractivity contribution in [2.45, 2.75) is 17.9 Å². The van der Waals surface area contributed by atoms with Gasteiger partial charge in [0.1, 0.15) is 11.5 Å². The van der Waals surface area contributed by atoms with Crippen molar-refractivity contribution in [2.75, 3.05) is 35.7 Å². The number of methoxy groups -OCH3 is 2. The molecule has 0 saturated heterocycles. The lowest BCUT2D eigenvalue weighted by Gasteiger charge is -2.19. The number of hydrogen-bond acceptors (Lipinski definition) is 6. The molecule has 4 aromatic carbocycles. The molecule has 0 fully saturated rings. The Bertz CT molecular complexity index is 1590. The largest absolute Gasteiger partial charge is 0.497 e. The summed E-state index contributed by atoms with van der Waals surface area (Å²) in [7, 11) is -0.919. The van der Waals surface area contributed by atoms with E-state index in [9.17, 15) is 13.2 Å². The van der Waals surface area contributed by atoms with E-state index in [4.69, 9.17) is 9.47 Å². The van der Waals surface area contributed by atoms with E-state index < -0.39 is 10.0 Å². The topological polar surface area (TPSA) is 97.0 Å². The number of rotatable bonds is 9. The summed E-state index contributed by atoms with van der Waals surface area (Å²) >= 11 is 0. The van der Waals surface area contributed by atoms with Crippen molar-refractivity contribution in [1.29, 1.82) is 0 Å². The third kappa shape index (κ3) is 5.83. The Hall–Kier alpha value is -4.50. The quantitative estimate of drug-likeness (QED) is 0.297. The number of benzene rings is 4. The summed E-state index contributed by atoms with van der Waals surface area (Å²) in [6.07, 6.45) is 1.04. The second-order valence-electron chi connectivity index (χ2n) is 9.15. The molecule has 4 aromatic rings. The summed E-state index contributed by atoms with van der Waals surface area (Å²) in [5, 5.41) is 2.82. The number of anilines is 3. The van der Waals surface area contributed by atoms with E-state index in [-0.39, 0.29) is 16.5 Å². The molecule has 9 heteroatoms. The van der Waals surface area contributed by atoms with Gasteiger partial charge in [-0.25, -0.2) is 8.42 Å². The number of para-hydroxylation sites is 1. The van der Waals surface area contributed by atoms with Crippen LogP contribution in [0.4, 0.5) is 17.1 Å². The van der Waals surface area contributed by atoms with Crippen molar-refractivity contribution in [3.63, 3.8) is 0 Å². The smallest absolute Gasteiger partial charge is 0.262 e. The van der Waals surface area contributed by atoms with Crippen LogP contribution in [0.15, 0.2) is 95.9 Å². The summed E-state index contributed by atoms with van der Waals surface area (Å²) in [5.74, 6) is 0.602. The summed E-state index contributed by atoms with van der Waals surface area (Å²) in [4.78, 5) is 15.2. The highest BCUT2D eigenvalue weighted by molar-refractivity contribution is 7.92. The van der Waals surface area contributed by atoms with Gasteiger partial charge >= 0.3 is 0 Å². The molecule has 0 aromatic heterocycles. The summed E-state index contributed by atoms with van der Waals surface area (Å²) in [5.41, 5.74) is 5.04. The fourth-order valence-corrected chi connectivity index (χ4v) is 5.63. The Balaban J connectivity index is 1.21. The zero-order valence-electron chi connectivity index (χ0n) is 21.7. The zero-order chi connectivity index (χ0) is 27.4. The van der Waals surface area contributed by atoms with Gasteiger partial charge in [0.2, 0.25) is 0 Å². The van der Waals surface area contributed by atoms with Crippen molar-refractivity contribution in [1.82, 2.24) is 0 Å². The fraction of sp³-hybridized carbons (Fsp3) is 0.167.